The first-order valence-electron chi connectivity index (χ1n) is 8.88. The van der Waals surface area contributed by atoms with E-state index in [1.165, 1.54) is 0 Å². The number of rotatable bonds is 8. The van der Waals surface area contributed by atoms with Crippen LogP contribution in [0.5, 0.6) is 0 Å². The Morgan fingerprint density at radius 3 is 2.63 bits per heavy atom. The molecule has 2 heterocycles. The summed E-state index contributed by atoms with van der Waals surface area (Å²) in [6.45, 7) is 1.70. The lowest BCUT2D eigenvalue weighted by Crippen LogP contribution is -2.48. The van der Waals surface area contributed by atoms with Gasteiger partial charge in [0.15, 0.2) is 0 Å². The zero-order valence-electron chi connectivity index (χ0n) is 15.5. The molecule has 27 heavy (non-hydrogen) atoms. The maximum atomic E-state index is 13.2. The third-order valence-electron chi connectivity index (χ3n) is 4.70. The van der Waals surface area contributed by atoms with Gasteiger partial charge in [0.25, 0.3) is 5.91 Å². The van der Waals surface area contributed by atoms with Crippen molar-refractivity contribution >= 4 is 23.2 Å². The summed E-state index contributed by atoms with van der Waals surface area (Å²) in [5, 5.41) is 4.92. The summed E-state index contributed by atoms with van der Waals surface area (Å²) in [7, 11) is 3.21. The van der Waals surface area contributed by atoms with Gasteiger partial charge in [-0.2, -0.15) is 0 Å². The van der Waals surface area contributed by atoms with Gasteiger partial charge in [-0.25, -0.2) is 0 Å². The van der Waals surface area contributed by atoms with E-state index in [0.717, 1.165) is 10.4 Å². The molecular formula is C20H24N2O4S. The van der Waals surface area contributed by atoms with Crippen LogP contribution in [-0.4, -0.2) is 57.2 Å². The van der Waals surface area contributed by atoms with Gasteiger partial charge in [0.05, 0.1) is 25.2 Å². The molecular weight excluding hydrogens is 364 g/mol. The average Bonchev–Trinajstić information content (AvgIpc) is 3.21. The average molecular weight is 388 g/mol. The Morgan fingerprint density at radius 1 is 1.15 bits per heavy atom. The predicted octanol–water partition coefficient (Wildman–Crippen LogP) is 2.44. The van der Waals surface area contributed by atoms with Crippen molar-refractivity contribution in [2.24, 2.45) is 0 Å². The van der Waals surface area contributed by atoms with Crippen LogP contribution in [0.2, 0.25) is 0 Å². The lowest BCUT2D eigenvalue weighted by molar-refractivity contribution is -0.124. The third-order valence-corrected chi connectivity index (χ3v) is 5.64. The minimum atomic E-state index is -0.480. The standard InChI is InChI=1S/C20H24N2O4S/c1-25-11-9-21-19(23)17-14-6-3-4-7-15(14)20(24)22(10-12-26-2)18(17)16-8-5-13-27-16/h3-8,13,17-18H,9-12H2,1-2H3,(H,21,23)/t17-,18-/m0/s1. The fourth-order valence-electron chi connectivity index (χ4n) is 3.47. The summed E-state index contributed by atoms with van der Waals surface area (Å²) < 4.78 is 10.3. The Kier molecular flexibility index (Phi) is 6.60. The van der Waals surface area contributed by atoms with Crippen molar-refractivity contribution in [2.75, 3.05) is 40.5 Å². The van der Waals surface area contributed by atoms with Gasteiger partial charge in [-0.1, -0.05) is 24.3 Å². The van der Waals surface area contributed by atoms with Crippen LogP contribution in [0.3, 0.4) is 0 Å². The van der Waals surface area contributed by atoms with Crippen molar-refractivity contribution in [1.29, 1.82) is 0 Å². The third kappa shape index (κ3) is 4.05. The SMILES string of the molecule is COCCNC(=O)[C@H]1c2ccccc2C(=O)N(CCOC)[C@H]1c1cccs1. The van der Waals surface area contributed by atoms with Crippen LogP contribution in [0.15, 0.2) is 41.8 Å². The normalized spacial score (nSPS) is 19.0. The van der Waals surface area contributed by atoms with Gasteiger partial charge < -0.3 is 19.7 Å². The summed E-state index contributed by atoms with van der Waals surface area (Å²) in [5.74, 6) is -0.652. The maximum absolute atomic E-state index is 13.2. The number of hydrogen-bond donors (Lipinski definition) is 1. The lowest BCUT2D eigenvalue weighted by Gasteiger charge is -2.41. The van der Waals surface area contributed by atoms with Crippen LogP contribution in [0.25, 0.3) is 0 Å². The molecule has 1 aliphatic rings. The van der Waals surface area contributed by atoms with Crippen LogP contribution in [0.4, 0.5) is 0 Å². The zero-order chi connectivity index (χ0) is 19.2. The number of carbonyl (C=O) groups excluding carboxylic acids is 2. The van der Waals surface area contributed by atoms with Gasteiger partial charge in [-0.3, -0.25) is 9.59 Å². The maximum Gasteiger partial charge on any atom is 0.254 e. The Labute approximate surface area is 163 Å². The molecule has 1 N–H and O–H groups in total. The van der Waals surface area contributed by atoms with E-state index < -0.39 is 5.92 Å². The number of amides is 2. The highest BCUT2D eigenvalue weighted by atomic mass is 32.1. The molecule has 0 bridgehead atoms. The van der Waals surface area contributed by atoms with Crippen LogP contribution in [0, 0.1) is 0 Å². The van der Waals surface area contributed by atoms with E-state index >= 15 is 0 Å². The van der Waals surface area contributed by atoms with Crippen LogP contribution in [0.1, 0.15) is 32.8 Å². The van der Waals surface area contributed by atoms with Gasteiger partial charge in [-0.05, 0) is 23.1 Å². The highest BCUT2D eigenvalue weighted by molar-refractivity contribution is 7.10. The first-order valence-corrected chi connectivity index (χ1v) is 9.76. The minimum Gasteiger partial charge on any atom is -0.383 e. The highest BCUT2D eigenvalue weighted by Crippen LogP contribution is 2.44. The summed E-state index contributed by atoms with van der Waals surface area (Å²) in [5.41, 5.74) is 1.35. The number of hydrogen-bond acceptors (Lipinski definition) is 5. The van der Waals surface area contributed by atoms with Gasteiger partial charge in [-0.15, -0.1) is 11.3 Å². The molecule has 2 aromatic rings. The Balaban J connectivity index is 2.05. The molecule has 2 atom stereocenters. The van der Waals surface area contributed by atoms with Crippen molar-refractivity contribution in [2.45, 2.75) is 12.0 Å². The second-order valence-corrected chi connectivity index (χ2v) is 7.28. The van der Waals surface area contributed by atoms with E-state index in [2.05, 4.69) is 5.32 Å². The second kappa shape index (κ2) is 9.12. The molecule has 0 spiro atoms. The molecule has 1 aliphatic heterocycles. The molecule has 1 aromatic heterocycles. The second-order valence-electron chi connectivity index (χ2n) is 6.30. The smallest absolute Gasteiger partial charge is 0.254 e. The number of nitrogens with one attached hydrogen (secondary N) is 1. The van der Waals surface area contributed by atoms with E-state index in [0.29, 0.717) is 31.9 Å². The fourth-order valence-corrected chi connectivity index (χ4v) is 4.35. The molecule has 1 aromatic carbocycles. The fraction of sp³-hybridized carbons (Fsp3) is 0.400. The molecule has 0 saturated heterocycles. The first-order chi connectivity index (χ1) is 13.2. The quantitative estimate of drug-likeness (QED) is 0.706. The Hall–Kier alpha value is -2.22. The number of methoxy groups -OCH3 is 2. The number of nitrogens with zero attached hydrogens (tertiary/aromatic N) is 1. The molecule has 0 unspecified atom stereocenters. The molecule has 6 nitrogen and oxygen atoms in total. The number of ether oxygens (including phenoxy) is 2. The first kappa shape index (κ1) is 19.5. The topological polar surface area (TPSA) is 67.9 Å². The molecule has 144 valence electrons. The summed E-state index contributed by atoms with van der Waals surface area (Å²) in [4.78, 5) is 29.1. The van der Waals surface area contributed by atoms with Crippen molar-refractivity contribution in [1.82, 2.24) is 10.2 Å². The van der Waals surface area contributed by atoms with Crippen molar-refractivity contribution < 1.29 is 19.1 Å². The number of fused-ring (bicyclic) bond motifs is 1. The monoisotopic (exact) mass is 388 g/mol. The van der Waals surface area contributed by atoms with Gasteiger partial charge in [0.2, 0.25) is 5.91 Å². The van der Waals surface area contributed by atoms with Crippen LogP contribution >= 0.6 is 11.3 Å². The molecule has 0 aliphatic carbocycles. The van der Waals surface area contributed by atoms with Crippen molar-refractivity contribution in [3.8, 4) is 0 Å². The number of carbonyl (C=O) groups is 2. The largest absolute Gasteiger partial charge is 0.383 e. The van der Waals surface area contributed by atoms with Gasteiger partial charge in [0, 0.05) is 37.7 Å². The lowest BCUT2D eigenvalue weighted by atomic mass is 9.81. The molecule has 0 radical (unpaired) electrons. The van der Waals surface area contributed by atoms with E-state index in [-0.39, 0.29) is 17.9 Å². The van der Waals surface area contributed by atoms with Crippen LogP contribution < -0.4 is 5.32 Å². The van der Waals surface area contributed by atoms with E-state index in [9.17, 15) is 9.59 Å². The highest BCUT2D eigenvalue weighted by Gasteiger charge is 2.44. The zero-order valence-corrected chi connectivity index (χ0v) is 16.3. The molecule has 7 heteroatoms. The summed E-state index contributed by atoms with van der Waals surface area (Å²) >= 11 is 1.55. The van der Waals surface area contributed by atoms with Crippen LogP contribution in [-0.2, 0) is 14.3 Å². The predicted molar refractivity (Wildman–Crippen MR) is 104 cm³/mol. The van der Waals surface area contributed by atoms with E-state index in [1.54, 1.807) is 36.5 Å². The minimum absolute atomic E-state index is 0.0676. The van der Waals surface area contributed by atoms with E-state index in [1.807, 2.05) is 35.7 Å². The number of thiophene rings is 1. The van der Waals surface area contributed by atoms with Crippen molar-refractivity contribution in [3.05, 3.63) is 57.8 Å². The Bertz CT molecular complexity index is 778. The van der Waals surface area contributed by atoms with E-state index in [4.69, 9.17) is 9.47 Å². The number of benzene rings is 1. The molecule has 3 rings (SSSR count). The van der Waals surface area contributed by atoms with Gasteiger partial charge in [0.1, 0.15) is 0 Å². The van der Waals surface area contributed by atoms with Crippen molar-refractivity contribution in [3.63, 3.8) is 0 Å². The van der Waals surface area contributed by atoms with Gasteiger partial charge >= 0.3 is 0 Å². The summed E-state index contributed by atoms with van der Waals surface area (Å²) in [6.07, 6.45) is 0. The molecule has 0 saturated carbocycles. The summed E-state index contributed by atoms with van der Waals surface area (Å²) in [6, 6.07) is 10.9. The molecule has 0 fully saturated rings. The molecule has 2 amide bonds. The Morgan fingerprint density at radius 2 is 1.93 bits per heavy atom.